The van der Waals surface area contributed by atoms with Crippen molar-refractivity contribution in [1.82, 2.24) is 14.3 Å². The van der Waals surface area contributed by atoms with E-state index in [0.29, 0.717) is 13.2 Å². The second-order valence-corrected chi connectivity index (χ2v) is 2.80. The fraction of sp³-hybridized carbons (Fsp3) is 0.750. The van der Waals surface area contributed by atoms with Gasteiger partial charge < -0.3 is 4.74 Å². The maximum absolute atomic E-state index is 11.3. The Bertz CT molecular complexity index is 303. The minimum Gasteiger partial charge on any atom is -0.382 e. The SMILES string of the molecule is CCOCCCn1ncn(C)c1=O. The number of aromatic nitrogens is 3. The second-order valence-electron chi connectivity index (χ2n) is 2.80. The first-order valence-electron chi connectivity index (χ1n) is 4.42. The second kappa shape index (κ2) is 4.81. The average molecular weight is 185 g/mol. The van der Waals surface area contributed by atoms with Gasteiger partial charge in [0.1, 0.15) is 6.33 Å². The first kappa shape index (κ1) is 9.98. The van der Waals surface area contributed by atoms with Gasteiger partial charge in [-0.1, -0.05) is 0 Å². The minimum absolute atomic E-state index is 0.0727. The molecule has 0 N–H and O–H groups in total. The van der Waals surface area contributed by atoms with Crippen molar-refractivity contribution in [2.24, 2.45) is 7.05 Å². The summed E-state index contributed by atoms with van der Waals surface area (Å²) in [5.41, 5.74) is -0.0727. The first-order valence-corrected chi connectivity index (χ1v) is 4.42. The molecule has 1 heterocycles. The van der Waals surface area contributed by atoms with Crippen LogP contribution in [0.25, 0.3) is 0 Å². The quantitative estimate of drug-likeness (QED) is 0.607. The number of ether oxygens (including phenoxy) is 1. The van der Waals surface area contributed by atoms with Crippen molar-refractivity contribution in [1.29, 1.82) is 0 Å². The van der Waals surface area contributed by atoms with Crippen molar-refractivity contribution in [3.8, 4) is 0 Å². The Balaban J connectivity index is 2.37. The molecule has 5 heteroatoms. The fourth-order valence-electron chi connectivity index (χ4n) is 1.03. The summed E-state index contributed by atoms with van der Waals surface area (Å²) in [5, 5.41) is 3.92. The molecular formula is C8H15N3O2. The van der Waals surface area contributed by atoms with Gasteiger partial charge in [-0.15, -0.1) is 0 Å². The highest BCUT2D eigenvalue weighted by atomic mass is 16.5. The van der Waals surface area contributed by atoms with Crippen molar-refractivity contribution in [3.63, 3.8) is 0 Å². The zero-order valence-electron chi connectivity index (χ0n) is 8.06. The van der Waals surface area contributed by atoms with Crippen molar-refractivity contribution < 1.29 is 4.74 Å². The molecule has 13 heavy (non-hydrogen) atoms. The van der Waals surface area contributed by atoms with E-state index in [1.54, 1.807) is 7.05 Å². The van der Waals surface area contributed by atoms with Gasteiger partial charge >= 0.3 is 5.69 Å². The molecule has 0 atom stereocenters. The minimum atomic E-state index is -0.0727. The summed E-state index contributed by atoms with van der Waals surface area (Å²) in [4.78, 5) is 11.3. The van der Waals surface area contributed by atoms with Crippen molar-refractivity contribution in [2.45, 2.75) is 19.9 Å². The van der Waals surface area contributed by atoms with Crippen LogP contribution in [0.2, 0.25) is 0 Å². The molecule has 0 spiro atoms. The highest BCUT2D eigenvalue weighted by Gasteiger charge is 1.99. The van der Waals surface area contributed by atoms with Gasteiger partial charge in [-0.25, -0.2) is 9.48 Å². The molecule has 0 fully saturated rings. The molecule has 1 rings (SSSR count). The number of nitrogens with zero attached hydrogens (tertiary/aromatic N) is 3. The topological polar surface area (TPSA) is 49.0 Å². The molecule has 0 aromatic carbocycles. The lowest BCUT2D eigenvalue weighted by molar-refractivity contribution is 0.140. The molecule has 0 saturated carbocycles. The van der Waals surface area contributed by atoms with Crippen LogP contribution in [0.3, 0.4) is 0 Å². The monoisotopic (exact) mass is 185 g/mol. The van der Waals surface area contributed by atoms with Gasteiger partial charge in [0.05, 0.1) is 0 Å². The molecule has 0 aliphatic rings. The van der Waals surface area contributed by atoms with Crippen molar-refractivity contribution >= 4 is 0 Å². The van der Waals surface area contributed by atoms with E-state index in [9.17, 15) is 4.79 Å². The maximum atomic E-state index is 11.3. The van der Waals surface area contributed by atoms with Crippen LogP contribution in [0.15, 0.2) is 11.1 Å². The molecular weight excluding hydrogens is 170 g/mol. The lowest BCUT2D eigenvalue weighted by atomic mass is 10.4. The van der Waals surface area contributed by atoms with E-state index in [-0.39, 0.29) is 5.69 Å². The molecule has 0 aliphatic carbocycles. The maximum Gasteiger partial charge on any atom is 0.345 e. The number of hydrogen-bond donors (Lipinski definition) is 0. The standard InChI is InChI=1S/C8H15N3O2/c1-3-13-6-4-5-11-8(12)10(2)7-9-11/h7H,3-6H2,1-2H3. The molecule has 0 aliphatic heterocycles. The molecule has 0 radical (unpaired) electrons. The fourth-order valence-corrected chi connectivity index (χ4v) is 1.03. The smallest absolute Gasteiger partial charge is 0.345 e. The van der Waals surface area contributed by atoms with E-state index in [1.807, 2.05) is 6.92 Å². The van der Waals surface area contributed by atoms with Gasteiger partial charge in [0.2, 0.25) is 0 Å². The molecule has 1 aromatic heterocycles. The summed E-state index contributed by atoms with van der Waals surface area (Å²) in [7, 11) is 1.69. The summed E-state index contributed by atoms with van der Waals surface area (Å²) >= 11 is 0. The predicted molar refractivity (Wildman–Crippen MR) is 48.6 cm³/mol. The van der Waals surface area contributed by atoms with Crippen LogP contribution in [0, 0.1) is 0 Å². The molecule has 0 bridgehead atoms. The summed E-state index contributed by atoms with van der Waals surface area (Å²) in [6.45, 7) is 3.98. The third-order valence-corrected chi connectivity index (χ3v) is 1.75. The summed E-state index contributed by atoms with van der Waals surface area (Å²) in [5.74, 6) is 0. The van der Waals surface area contributed by atoms with Crippen molar-refractivity contribution in [3.05, 3.63) is 16.8 Å². The zero-order chi connectivity index (χ0) is 9.68. The van der Waals surface area contributed by atoms with Crippen LogP contribution in [0.5, 0.6) is 0 Å². The lowest BCUT2D eigenvalue weighted by Gasteiger charge is -1.99. The Morgan fingerprint density at radius 1 is 1.62 bits per heavy atom. The highest BCUT2D eigenvalue weighted by molar-refractivity contribution is 4.64. The predicted octanol–water partition coefficient (Wildman–Crippen LogP) is 0.00840. The molecule has 1 aromatic rings. The van der Waals surface area contributed by atoms with Crippen LogP contribution in [-0.4, -0.2) is 27.6 Å². The van der Waals surface area contributed by atoms with E-state index in [1.165, 1.54) is 15.6 Å². The van der Waals surface area contributed by atoms with Crippen molar-refractivity contribution in [2.75, 3.05) is 13.2 Å². The molecule has 74 valence electrons. The van der Waals surface area contributed by atoms with Gasteiger partial charge in [-0.05, 0) is 13.3 Å². The van der Waals surface area contributed by atoms with Crippen LogP contribution < -0.4 is 5.69 Å². The number of aryl methyl sites for hydroxylation is 2. The Morgan fingerprint density at radius 3 is 2.92 bits per heavy atom. The van der Waals surface area contributed by atoms with Gasteiger partial charge in [0, 0.05) is 26.8 Å². The Hall–Kier alpha value is -1.10. The molecule has 0 saturated heterocycles. The zero-order valence-corrected chi connectivity index (χ0v) is 8.06. The van der Waals surface area contributed by atoms with E-state index in [2.05, 4.69) is 5.10 Å². The summed E-state index contributed by atoms with van der Waals surface area (Å²) < 4.78 is 8.05. The van der Waals surface area contributed by atoms with E-state index in [4.69, 9.17) is 4.74 Å². The van der Waals surface area contributed by atoms with Crippen LogP contribution >= 0.6 is 0 Å². The van der Waals surface area contributed by atoms with Gasteiger partial charge in [-0.2, -0.15) is 5.10 Å². The largest absolute Gasteiger partial charge is 0.382 e. The Labute approximate surface area is 76.9 Å². The van der Waals surface area contributed by atoms with Crippen LogP contribution in [-0.2, 0) is 18.3 Å². The summed E-state index contributed by atoms with van der Waals surface area (Å²) in [6, 6.07) is 0. The van der Waals surface area contributed by atoms with E-state index < -0.39 is 0 Å². The molecule has 0 unspecified atom stereocenters. The number of hydrogen-bond acceptors (Lipinski definition) is 3. The van der Waals surface area contributed by atoms with Gasteiger partial charge in [0.25, 0.3) is 0 Å². The van der Waals surface area contributed by atoms with E-state index >= 15 is 0 Å². The van der Waals surface area contributed by atoms with Gasteiger partial charge in [0.15, 0.2) is 0 Å². The number of rotatable bonds is 5. The molecule has 5 nitrogen and oxygen atoms in total. The third kappa shape index (κ3) is 2.69. The van der Waals surface area contributed by atoms with Gasteiger partial charge in [-0.3, -0.25) is 4.57 Å². The normalized spacial score (nSPS) is 10.6. The van der Waals surface area contributed by atoms with E-state index in [0.717, 1.165) is 13.0 Å². The first-order chi connectivity index (χ1) is 6.25. The lowest BCUT2D eigenvalue weighted by Crippen LogP contribution is -2.23. The average Bonchev–Trinajstić information content (AvgIpc) is 2.43. The third-order valence-electron chi connectivity index (χ3n) is 1.75. The van der Waals surface area contributed by atoms with Crippen LogP contribution in [0.1, 0.15) is 13.3 Å². The highest BCUT2D eigenvalue weighted by Crippen LogP contribution is 1.85. The van der Waals surface area contributed by atoms with Crippen LogP contribution in [0.4, 0.5) is 0 Å². The Kier molecular flexibility index (Phi) is 3.70. The Morgan fingerprint density at radius 2 is 2.38 bits per heavy atom. The summed E-state index contributed by atoms with van der Waals surface area (Å²) in [6.07, 6.45) is 2.34. The molecule has 0 amide bonds.